The van der Waals surface area contributed by atoms with Crippen LogP contribution in [0.1, 0.15) is 51.5 Å². The van der Waals surface area contributed by atoms with E-state index in [-0.39, 0.29) is 11.7 Å². The third-order valence-corrected chi connectivity index (χ3v) is 5.97. The highest BCUT2D eigenvalue weighted by Gasteiger charge is 2.43. The minimum atomic E-state index is -0.401. The van der Waals surface area contributed by atoms with Crippen molar-refractivity contribution in [3.63, 3.8) is 0 Å². The zero-order valence-electron chi connectivity index (χ0n) is 18.8. The second kappa shape index (κ2) is 8.16. The molecule has 1 aliphatic heterocycles. The van der Waals surface area contributed by atoms with Crippen molar-refractivity contribution in [1.82, 2.24) is 15.1 Å². The number of rotatable bonds is 6. The summed E-state index contributed by atoms with van der Waals surface area (Å²) in [4.78, 5) is 15.2. The molecule has 0 saturated heterocycles. The van der Waals surface area contributed by atoms with Gasteiger partial charge in [0.05, 0.1) is 25.5 Å². The first-order valence-electron chi connectivity index (χ1n) is 10.9. The Labute approximate surface area is 191 Å². The highest BCUT2D eigenvalue weighted by Crippen LogP contribution is 2.46. The van der Waals surface area contributed by atoms with Gasteiger partial charge in [-0.3, -0.25) is 9.89 Å². The van der Waals surface area contributed by atoms with Crippen molar-refractivity contribution in [3.05, 3.63) is 88.5 Å². The lowest BCUT2D eigenvalue weighted by atomic mass is 9.93. The minimum absolute atomic E-state index is 0.143. The average molecular weight is 444 g/mol. The Morgan fingerprint density at radius 1 is 1.18 bits per heavy atom. The van der Waals surface area contributed by atoms with Gasteiger partial charge in [-0.1, -0.05) is 18.2 Å². The van der Waals surface area contributed by atoms with Gasteiger partial charge < -0.3 is 19.2 Å². The Morgan fingerprint density at radius 2 is 1.97 bits per heavy atom. The van der Waals surface area contributed by atoms with Crippen LogP contribution in [0.25, 0.3) is 11.3 Å². The van der Waals surface area contributed by atoms with E-state index in [9.17, 15) is 9.90 Å². The molecule has 0 bridgehead atoms. The van der Waals surface area contributed by atoms with Crippen LogP contribution < -0.4 is 4.74 Å². The molecule has 1 aliphatic rings. The van der Waals surface area contributed by atoms with Crippen molar-refractivity contribution in [2.75, 3.05) is 6.61 Å². The zero-order chi connectivity index (χ0) is 23.1. The summed E-state index contributed by atoms with van der Waals surface area (Å²) in [6.07, 6.45) is 1.60. The van der Waals surface area contributed by atoms with E-state index in [1.54, 1.807) is 17.2 Å². The molecular weight excluding hydrogens is 418 g/mol. The van der Waals surface area contributed by atoms with E-state index >= 15 is 0 Å². The molecule has 0 radical (unpaired) electrons. The molecule has 7 heteroatoms. The van der Waals surface area contributed by atoms with Crippen molar-refractivity contribution in [1.29, 1.82) is 0 Å². The van der Waals surface area contributed by atoms with Crippen LogP contribution in [0.4, 0.5) is 0 Å². The van der Waals surface area contributed by atoms with Crippen molar-refractivity contribution in [3.8, 4) is 22.8 Å². The number of phenols is 1. The molecule has 0 saturated carbocycles. The van der Waals surface area contributed by atoms with Gasteiger partial charge in [-0.2, -0.15) is 5.10 Å². The fourth-order valence-electron chi connectivity index (χ4n) is 4.63. The highest BCUT2D eigenvalue weighted by molar-refractivity contribution is 6.00. The summed E-state index contributed by atoms with van der Waals surface area (Å²) in [6, 6.07) is 14.7. The maximum absolute atomic E-state index is 13.5. The van der Waals surface area contributed by atoms with Crippen LogP contribution in [0.15, 0.2) is 59.2 Å². The van der Waals surface area contributed by atoms with Gasteiger partial charge in [0.25, 0.3) is 5.91 Å². The number of amides is 1. The fraction of sp³-hybridized carbons (Fsp3) is 0.231. The lowest BCUT2D eigenvalue weighted by molar-refractivity contribution is 0.0717. The predicted octanol–water partition coefficient (Wildman–Crippen LogP) is 5.14. The number of benzene rings is 2. The first kappa shape index (κ1) is 20.9. The predicted molar refractivity (Wildman–Crippen MR) is 123 cm³/mol. The summed E-state index contributed by atoms with van der Waals surface area (Å²) in [5.74, 6) is 1.43. The number of aromatic hydroxyl groups is 1. The van der Waals surface area contributed by atoms with Crippen molar-refractivity contribution >= 4 is 5.91 Å². The number of phenolic OH excluding ortho intramolecular Hbond substituents is 1. The summed E-state index contributed by atoms with van der Waals surface area (Å²) < 4.78 is 11.1. The molecule has 0 fully saturated rings. The molecule has 2 aromatic carbocycles. The molecule has 0 aliphatic carbocycles. The normalized spacial score (nSPS) is 15.2. The van der Waals surface area contributed by atoms with Crippen LogP contribution in [-0.4, -0.2) is 32.7 Å². The second-order valence-corrected chi connectivity index (χ2v) is 8.25. The smallest absolute Gasteiger partial charge is 0.273 e. The van der Waals surface area contributed by atoms with Crippen LogP contribution in [0.2, 0.25) is 0 Å². The van der Waals surface area contributed by atoms with Gasteiger partial charge in [-0.25, -0.2) is 0 Å². The van der Waals surface area contributed by atoms with Gasteiger partial charge in [-0.15, -0.1) is 0 Å². The fourth-order valence-corrected chi connectivity index (χ4v) is 4.63. The quantitative estimate of drug-likeness (QED) is 0.431. The number of nitrogens with one attached hydrogen (secondary N) is 1. The first-order chi connectivity index (χ1) is 16.0. The highest BCUT2D eigenvalue weighted by atomic mass is 16.5. The van der Waals surface area contributed by atoms with E-state index in [4.69, 9.17) is 9.15 Å². The van der Waals surface area contributed by atoms with E-state index in [1.165, 1.54) is 0 Å². The molecule has 1 atom stereocenters. The van der Waals surface area contributed by atoms with E-state index in [0.717, 1.165) is 28.0 Å². The van der Waals surface area contributed by atoms with Gasteiger partial charge in [0.2, 0.25) is 0 Å². The van der Waals surface area contributed by atoms with E-state index in [2.05, 4.69) is 10.2 Å². The number of H-pyrrole nitrogens is 1. The lowest BCUT2D eigenvalue weighted by Crippen LogP contribution is -2.29. The van der Waals surface area contributed by atoms with Gasteiger partial charge in [0.1, 0.15) is 28.6 Å². The number of hydrogen-bond donors (Lipinski definition) is 2. The molecule has 0 unspecified atom stereocenters. The number of carbonyl (C=O) groups is 1. The van der Waals surface area contributed by atoms with Crippen LogP contribution in [0, 0.1) is 13.8 Å². The Balaban J connectivity index is 1.66. The average Bonchev–Trinajstić information content (AvgIpc) is 3.49. The summed E-state index contributed by atoms with van der Waals surface area (Å²) in [5, 5.41) is 18.2. The molecule has 3 heterocycles. The molecule has 33 heavy (non-hydrogen) atoms. The molecule has 1 amide bonds. The molecule has 2 N–H and O–H groups in total. The SMILES string of the molecule is CCOc1ccc([C@H]2c3c(-c4c(C)cc(C)cc4O)n[nH]c3C(=O)N2Cc2ccco2)cc1. The maximum Gasteiger partial charge on any atom is 0.273 e. The number of ether oxygens (including phenoxy) is 1. The largest absolute Gasteiger partial charge is 0.507 e. The van der Waals surface area contributed by atoms with E-state index in [0.29, 0.717) is 35.9 Å². The monoisotopic (exact) mass is 443 g/mol. The van der Waals surface area contributed by atoms with Gasteiger partial charge in [0.15, 0.2) is 0 Å². The standard InChI is InChI=1S/C26H25N3O4/c1-4-32-18-9-7-17(8-10-18)25-22-23(21-16(3)12-15(2)13-20(21)30)27-28-24(22)26(31)29(25)14-19-6-5-11-33-19/h5-13,25,30H,4,14H2,1-3H3,(H,27,28)/t25-/m0/s1. The Hall–Kier alpha value is -4.00. The van der Waals surface area contributed by atoms with Crippen molar-refractivity contribution < 1.29 is 19.1 Å². The third-order valence-electron chi connectivity index (χ3n) is 5.97. The number of hydrogen-bond acceptors (Lipinski definition) is 5. The lowest BCUT2D eigenvalue weighted by Gasteiger charge is -2.26. The molecule has 4 aromatic rings. The number of aromatic amines is 1. The number of aromatic nitrogens is 2. The topological polar surface area (TPSA) is 91.6 Å². The number of carbonyl (C=O) groups excluding carboxylic acids is 1. The molecule has 168 valence electrons. The molecule has 7 nitrogen and oxygen atoms in total. The van der Waals surface area contributed by atoms with E-state index < -0.39 is 6.04 Å². The van der Waals surface area contributed by atoms with Gasteiger partial charge >= 0.3 is 0 Å². The number of nitrogens with zero attached hydrogens (tertiary/aromatic N) is 2. The van der Waals surface area contributed by atoms with Crippen LogP contribution in [0.3, 0.4) is 0 Å². The minimum Gasteiger partial charge on any atom is -0.507 e. The molecular formula is C26H25N3O4. The Kier molecular flexibility index (Phi) is 5.17. The van der Waals surface area contributed by atoms with Gasteiger partial charge in [-0.05, 0) is 67.8 Å². The Bertz CT molecular complexity index is 1280. The Morgan fingerprint density at radius 3 is 2.64 bits per heavy atom. The number of aryl methyl sites for hydroxylation is 2. The summed E-state index contributed by atoms with van der Waals surface area (Å²) in [5.41, 5.74) is 5.15. The van der Waals surface area contributed by atoms with Crippen molar-refractivity contribution in [2.24, 2.45) is 0 Å². The number of fused-ring (bicyclic) bond motifs is 1. The van der Waals surface area contributed by atoms with Crippen LogP contribution in [0.5, 0.6) is 11.5 Å². The van der Waals surface area contributed by atoms with Crippen molar-refractivity contribution in [2.45, 2.75) is 33.4 Å². The molecule has 5 rings (SSSR count). The molecule has 2 aromatic heterocycles. The molecule has 0 spiro atoms. The van der Waals surface area contributed by atoms with Gasteiger partial charge in [0, 0.05) is 11.1 Å². The van der Waals surface area contributed by atoms with E-state index in [1.807, 2.05) is 63.2 Å². The summed E-state index contributed by atoms with van der Waals surface area (Å²) in [7, 11) is 0. The second-order valence-electron chi connectivity index (χ2n) is 8.25. The van der Waals surface area contributed by atoms with Crippen LogP contribution in [-0.2, 0) is 6.54 Å². The summed E-state index contributed by atoms with van der Waals surface area (Å²) >= 11 is 0. The summed E-state index contributed by atoms with van der Waals surface area (Å²) in [6.45, 7) is 6.70. The zero-order valence-corrected chi connectivity index (χ0v) is 18.8. The third kappa shape index (κ3) is 3.55. The first-order valence-corrected chi connectivity index (χ1v) is 10.9. The van der Waals surface area contributed by atoms with Crippen LogP contribution >= 0.6 is 0 Å². The number of furan rings is 1. The maximum atomic E-state index is 13.5.